The average molecular weight is 224 g/mol. The number of hydrogen-bond donors (Lipinski definition) is 1. The van der Waals surface area contributed by atoms with Crippen molar-refractivity contribution in [2.75, 3.05) is 5.32 Å². The van der Waals surface area contributed by atoms with Crippen LogP contribution < -0.4 is 5.32 Å². The van der Waals surface area contributed by atoms with Crippen LogP contribution in [0.3, 0.4) is 0 Å². The molecule has 82 valence electrons. The van der Waals surface area contributed by atoms with Gasteiger partial charge in [0.2, 0.25) is 5.91 Å². The van der Waals surface area contributed by atoms with E-state index in [4.69, 9.17) is 15.8 Å². The number of carbonyl (C=O) groups excluding carboxylic acids is 1. The average Bonchev–Trinajstić information content (AvgIpc) is 2.37. The maximum absolute atomic E-state index is 11.4. The highest BCUT2D eigenvalue weighted by atomic mass is 16.1. The predicted molar refractivity (Wildman–Crippen MR) is 59.3 cm³/mol. The molecule has 1 unspecified atom stereocenters. The highest BCUT2D eigenvalue weighted by Gasteiger charge is 2.12. The molecule has 0 aliphatic heterocycles. The zero-order valence-electron chi connectivity index (χ0n) is 9.06. The lowest BCUT2D eigenvalue weighted by Gasteiger charge is -2.06. The smallest absolute Gasteiger partial charge is 0.241 e. The minimum atomic E-state index is -0.767. The molecule has 1 rings (SSSR count). The van der Waals surface area contributed by atoms with Crippen molar-refractivity contribution in [3.63, 3.8) is 0 Å². The molecular formula is C12H8N4O. The van der Waals surface area contributed by atoms with Crippen LogP contribution >= 0.6 is 0 Å². The van der Waals surface area contributed by atoms with Gasteiger partial charge in [0.15, 0.2) is 0 Å². The number of nitrogens with one attached hydrogen (secondary N) is 1. The van der Waals surface area contributed by atoms with E-state index in [0.29, 0.717) is 5.69 Å². The number of nitrogens with zero attached hydrogens (tertiary/aromatic N) is 3. The molecule has 17 heavy (non-hydrogen) atoms. The van der Waals surface area contributed by atoms with Crippen LogP contribution in [0.15, 0.2) is 18.2 Å². The lowest BCUT2D eigenvalue weighted by atomic mass is 10.1. The quantitative estimate of drug-likeness (QED) is 0.822. The lowest BCUT2D eigenvalue weighted by molar-refractivity contribution is -0.117. The Bertz CT molecular complexity index is 572. The number of anilines is 1. The molecule has 0 spiro atoms. The first-order chi connectivity index (χ1) is 8.12. The molecule has 1 amide bonds. The van der Waals surface area contributed by atoms with E-state index in [1.54, 1.807) is 6.07 Å². The molecule has 1 atom stereocenters. The van der Waals surface area contributed by atoms with Gasteiger partial charge in [-0.1, -0.05) is 0 Å². The Balaban J connectivity index is 2.97. The molecule has 1 aromatic rings. The molecular weight excluding hydrogens is 216 g/mol. The van der Waals surface area contributed by atoms with E-state index in [1.165, 1.54) is 25.1 Å². The van der Waals surface area contributed by atoms with Crippen molar-refractivity contribution in [2.45, 2.75) is 6.92 Å². The zero-order valence-corrected chi connectivity index (χ0v) is 9.06. The van der Waals surface area contributed by atoms with Gasteiger partial charge in [-0.05, 0) is 25.1 Å². The van der Waals surface area contributed by atoms with E-state index in [1.807, 2.05) is 12.1 Å². The Morgan fingerprint density at radius 2 is 1.88 bits per heavy atom. The molecule has 0 aliphatic carbocycles. The van der Waals surface area contributed by atoms with E-state index in [2.05, 4.69) is 5.32 Å². The van der Waals surface area contributed by atoms with Crippen LogP contribution in [-0.2, 0) is 4.79 Å². The third-order valence-corrected chi connectivity index (χ3v) is 2.11. The van der Waals surface area contributed by atoms with Crippen molar-refractivity contribution in [1.82, 2.24) is 0 Å². The van der Waals surface area contributed by atoms with Crippen molar-refractivity contribution < 1.29 is 4.79 Å². The van der Waals surface area contributed by atoms with E-state index in [9.17, 15) is 4.79 Å². The molecule has 1 aromatic carbocycles. The van der Waals surface area contributed by atoms with Crippen molar-refractivity contribution >= 4 is 11.6 Å². The summed E-state index contributed by atoms with van der Waals surface area (Å²) in [4.78, 5) is 11.4. The van der Waals surface area contributed by atoms with Crippen LogP contribution in [0.1, 0.15) is 18.1 Å². The van der Waals surface area contributed by atoms with Crippen molar-refractivity contribution in [1.29, 1.82) is 15.8 Å². The van der Waals surface area contributed by atoms with Gasteiger partial charge in [0.25, 0.3) is 0 Å². The number of nitriles is 3. The van der Waals surface area contributed by atoms with E-state index in [-0.39, 0.29) is 11.1 Å². The molecule has 5 heteroatoms. The van der Waals surface area contributed by atoms with Crippen molar-refractivity contribution in [2.24, 2.45) is 5.92 Å². The molecule has 0 heterocycles. The Kier molecular flexibility index (Phi) is 3.81. The fourth-order valence-corrected chi connectivity index (χ4v) is 1.12. The maximum Gasteiger partial charge on any atom is 0.241 e. The van der Waals surface area contributed by atoms with Gasteiger partial charge in [-0.2, -0.15) is 15.8 Å². The van der Waals surface area contributed by atoms with Crippen LogP contribution in [0.25, 0.3) is 0 Å². The first-order valence-electron chi connectivity index (χ1n) is 4.77. The van der Waals surface area contributed by atoms with Crippen LogP contribution in [0.4, 0.5) is 5.69 Å². The molecule has 0 aliphatic rings. The summed E-state index contributed by atoms with van der Waals surface area (Å²) < 4.78 is 0. The second-order valence-electron chi connectivity index (χ2n) is 3.32. The molecule has 0 radical (unpaired) electrons. The van der Waals surface area contributed by atoms with E-state index in [0.717, 1.165) is 0 Å². The normalized spacial score (nSPS) is 10.5. The summed E-state index contributed by atoms with van der Waals surface area (Å²) in [5.41, 5.74) is 0.835. The Labute approximate surface area is 98.5 Å². The summed E-state index contributed by atoms with van der Waals surface area (Å²) in [5.74, 6) is -1.21. The van der Waals surface area contributed by atoms with E-state index >= 15 is 0 Å². The third-order valence-electron chi connectivity index (χ3n) is 2.11. The number of amides is 1. The molecule has 0 aromatic heterocycles. The van der Waals surface area contributed by atoms with Crippen LogP contribution in [-0.4, -0.2) is 5.91 Å². The predicted octanol–water partition coefficient (Wildman–Crippen LogP) is 1.53. The minimum absolute atomic E-state index is 0.190. The second-order valence-corrected chi connectivity index (χ2v) is 3.32. The molecule has 0 saturated heterocycles. The summed E-state index contributed by atoms with van der Waals surface area (Å²) in [6.07, 6.45) is 0. The Morgan fingerprint density at radius 3 is 2.41 bits per heavy atom. The summed E-state index contributed by atoms with van der Waals surface area (Å²) in [7, 11) is 0. The zero-order chi connectivity index (χ0) is 12.8. The van der Waals surface area contributed by atoms with Gasteiger partial charge in [0.1, 0.15) is 18.1 Å². The fourth-order valence-electron chi connectivity index (χ4n) is 1.12. The maximum atomic E-state index is 11.4. The van der Waals surface area contributed by atoms with Crippen molar-refractivity contribution in [3.8, 4) is 18.2 Å². The molecule has 0 bridgehead atoms. The van der Waals surface area contributed by atoms with Crippen LogP contribution in [0, 0.1) is 39.9 Å². The standard InChI is InChI=1S/C12H8N4O/c1-8(5-13)12(17)16-11-3-2-9(6-14)10(4-11)7-15/h2-4,8H,1H3,(H,16,17). The highest BCUT2D eigenvalue weighted by Crippen LogP contribution is 2.15. The van der Waals surface area contributed by atoms with Crippen LogP contribution in [0.2, 0.25) is 0 Å². The van der Waals surface area contributed by atoms with Gasteiger partial charge in [0, 0.05) is 5.69 Å². The monoisotopic (exact) mass is 224 g/mol. The first kappa shape index (κ1) is 12.2. The molecule has 0 saturated carbocycles. The molecule has 5 nitrogen and oxygen atoms in total. The van der Waals surface area contributed by atoms with E-state index < -0.39 is 11.8 Å². The number of benzene rings is 1. The highest BCUT2D eigenvalue weighted by molar-refractivity contribution is 5.94. The topological polar surface area (TPSA) is 100 Å². The van der Waals surface area contributed by atoms with Gasteiger partial charge >= 0.3 is 0 Å². The Hall–Kier alpha value is -2.84. The summed E-state index contributed by atoms with van der Waals surface area (Å²) in [6, 6.07) is 9.91. The largest absolute Gasteiger partial charge is 0.325 e. The number of hydrogen-bond acceptors (Lipinski definition) is 4. The lowest BCUT2D eigenvalue weighted by Crippen LogP contribution is -2.18. The van der Waals surface area contributed by atoms with Gasteiger partial charge < -0.3 is 5.32 Å². The molecule has 1 N–H and O–H groups in total. The van der Waals surface area contributed by atoms with Crippen molar-refractivity contribution in [3.05, 3.63) is 29.3 Å². The Morgan fingerprint density at radius 1 is 1.24 bits per heavy atom. The summed E-state index contributed by atoms with van der Waals surface area (Å²) in [5, 5.41) is 28.6. The SMILES string of the molecule is CC(C#N)C(=O)Nc1ccc(C#N)c(C#N)c1. The van der Waals surface area contributed by atoms with Crippen LogP contribution in [0.5, 0.6) is 0 Å². The van der Waals surface area contributed by atoms with Gasteiger partial charge in [-0.15, -0.1) is 0 Å². The summed E-state index contributed by atoms with van der Waals surface area (Å²) >= 11 is 0. The molecule has 0 fully saturated rings. The fraction of sp³-hybridized carbons (Fsp3) is 0.167. The summed E-state index contributed by atoms with van der Waals surface area (Å²) in [6.45, 7) is 1.48. The number of carbonyl (C=O) groups is 1. The second kappa shape index (κ2) is 5.30. The minimum Gasteiger partial charge on any atom is -0.325 e. The third kappa shape index (κ3) is 2.81. The van der Waals surface area contributed by atoms with Gasteiger partial charge in [-0.3, -0.25) is 4.79 Å². The van der Waals surface area contributed by atoms with Gasteiger partial charge in [-0.25, -0.2) is 0 Å². The van der Waals surface area contributed by atoms with Gasteiger partial charge in [0.05, 0.1) is 17.2 Å². The number of rotatable bonds is 2. The first-order valence-corrected chi connectivity index (χ1v) is 4.77.